The molecule has 1 fully saturated rings. The minimum absolute atomic E-state index is 0.709. The van der Waals surface area contributed by atoms with Crippen molar-refractivity contribution in [3.05, 3.63) is 23.8 Å². The van der Waals surface area contributed by atoms with E-state index in [1.54, 1.807) is 5.57 Å². The predicted octanol–water partition coefficient (Wildman–Crippen LogP) is 4.83. The highest BCUT2D eigenvalue weighted by Gasteiger charge is 2.41. The Balaban J connectivity index is 2.61. The first-order valence-corrected chi connectivity index (χ1v) is 6.44. The summed E-state index contributed by atoms with van der Waals surface area (Å²) in [5.74, 6) is 3.40. The van der Waals surface area contributed by atoms with Gasteiger partial charge in [-0.2, -0.15) is 0 Å². The van der Waals surface area contributed by atoms with Crippen molar-refractivity contribution in [2.45, 2.75) is 47.5 Å². The van der Waals surface area contributed by atoms with Crippen LogP contribution in [0.15, 0.2) is 23.8 Å². The second-order valence-corrected chi connectivity index (χ2v) is 5.41. The fourth-order valence-electron chi connectivity index (χ4n) is 2.39. The third kappa shape index (κ3) is 3.52. The van der Waals surface area contributed by atoms with Crippen LogP contribution in [0.25, 0.3) is 0 Å². The lowest BCUT2D eigenvalue weighted by atomic mass is 9.94. The molecule has 2 atom stereocenters. The molecule has 1 aliphatic rings. The van der Waals surface area contributed by atoms with Gasteiger partial charge < -0.3 is 0 Å². The third-order valence-electron chi connectivity index (χ3n) is 3.45. The Hall–Kier alpha value is -0.520. The number of rotatable bonds is 5. The summed E-state index contributed by atoms with van der Waals surface area (Å²) < 4.78 is 0. The number of allylic oxidation sites excluding steroid dienone is 4. The van der Waals surface area contributed by atoms with Crippen LogP contribution in [0.5, 0.6) is 0 Å². The van der Waals surface area contributed by atoms with Gasteiger partial charge in [-0.05, 0) is 36.5 Å². The van der Waals surface area contributed by atoms with Crippen molar-refractivity contribution in [2.24, 2.45) is 23.7 Å². The van der Waals surface area contributed by atoms with Crippen LogP contribution in [0.1, 0.15) is 47.5 Å². The highest BCUT2D eigenvalue weighted by molar-refractivity contribution is 5.23. The molecule has 0 aromatic heterocycles. The molecule has 0 aliphatic heterocycles. The van der Waals surface area contributed by atoms with E-state index in [9.17, 15) is 0 Å². The first-order chi connectivity index (χ1) is 7.07. The fraction of sp³-hybridized carbons (Fsp3) is 0.733. The van der Waals surface area contributed by atoms with Crippen LogP contribution in [0.4, 0.5) is 0 Å². The van der Waals surface area contributed by atoms with Gasteiger partial charge in [-0.25, -0.2) is 0 Å². The topological polar surface area (TPSA) is 0 Å². The monoisotopic (exact) mass is 206 g/mol. The molecule has 0 heteroatoms. The maximum absolute atomic E-state index is 2.36. The first kappa shape index (κ1) is 12.5. The third-order valence-corrected chi connectivity index (χ3v) is 3.45. The van der Waals surface area contributed by atoms with Crippen molar-refractivity contribution in [3.8, 4) is 0 Å². The van der Waals surface area contributed by atoms with E-state index in [0.717, 1.165) is 24.2 Å². The lowest BCUT2D eigenvalue weighted by Gasteiger charge is -2.11. The van der Waals surface area contributed by atoms with Gasteiger partial charge in [-0.1, -0.05) is 58.4 Å². The molecule has 1 saturated carbocycles. The average molecular weight is 206 g/mol. The molecule has 0 bridgehead atoms. The second-order valence-electron chi connectivity index (χ2n) is 5.41. The molecule has 0 heterocycles. The van der Waals surface area contributed by atoms with Gasteiger partial charge in [0.15, 0.2) is 0 Å². The van der Waals surface area contributed by atoms with Crippen molar-refractivity contribution >= 4 is 0 Å². The lowest BCUT2D eigenvalue weighted by Crippen LogP contribution is -2.01. The molecule has 1 rings (SSSR count). The molecular formula is C15H26. The zero-order valence-electron chi connectivity index (χ0n) is 11.0. The minimum atomic E-state index is 0.709. The van der Waals surface area contributed by atoms with E-state index in [0.29, 0.717) is 5.92 Å². The van der Waals surface area contributed by atoms with E-state index in [4.69, 9.17) is 0 Å². The van der Waals surface area contributed by atoms with Crippen LogP contribution in [0, 0.1) is 23.7 Å². The summed E-state index contributed by atoms with van der Waals surface area (Å²) in [7, 11) is 0. The van der Waals surface area contributed by atoms with E-state index in [1.165, 1.54) is 6.42 Å². The van der Waals surface area contributed by atoms with Gasteiger partial charge in [-0.15, -0.1) is 0 Å². The van der Waals surface area contributed by atoms with E-state index < -0.39 is 0 Å². The molecule has 2 unspecified atom stereocenters. The van der Waals surface area contributed by atoms with Gasteiger partial charge in [0, 0.05) is 0 Å². The minimum Gasteiger partial charge on any atom is -0.0848 e. The Morgan fingerprint density at radius 1 is 1.27 bits per heavy atom. The summed E-state index contributed by atoms with van der Waals surface area (Å²) in [6, 6.07) is 0. The quantitative estimate of drug-likeness (QED) is 0.565. The smallest absolute Gasteiger partial charge is 0.0164 e. The molecule has 0 spiro atoms. The van der Waals surface area contributed by atoms with Gasteiger partial charge in [0.2, 0.25) is 0 Å². The summed E-state index contributed by atoms with van der Waals surface area (Å²) in [4.78, 5) is 0. The van der Waals surface area contributed by atoms with Crippen LogP contribution < -0.4 is 0 Å². The Morgan fingerprint density at radius 2 is 1.93 bits per heavy atom. The Bertz CT molecular complexity index is 243. The molecule has 0 aromatic carbocycles. The molecule has 15 heavy (non-hydrogen) atoms. The Labute approximate surface area is 95.5 Å². The summed E-state index contributed by atoms with van der Waals surface area (Å²) in [6.45, 7) is 11.5. The van der Waals surface area contributed by atoms with E-state index in [1.807, 2.05) is 0 Å². The Morgan fingerprint density at radius 3 is 2.33 bits per heavy atom. The van der Waals surface area contributed by atoms with Crippen molar-refractivity contribution in [1.29, 1.82) is 0 Å². The van der Waals surface area contributed by atoms with Gasteiger partial charge in [0.25, 0.3) is 0 Å². The highest BCUT2D eigenvalue weighted by atomic mass is 14.5. The van der Waals surface area contributed by atoms with E-state index in [-0.39, 0.29) is 0 Å². The summed E-state index contributed by atoms with van der Waals surface area (Å²) in [5, 5.41) is 0. The maximum Gasteiger partial charge on any atom is -0.0164 e. The highest BCUT2D eigenvalue weighted by Crippen LogP contribution is 2.50. The van der Waals surface area contributed by atoms with E-state index >= 15 is 0 Å². The van der Waals surface area contributed by atoms with Gasteiger partial charge >= 0.3 is 0 Å². The molecule has 0 saturated heterocycles. The Kier molecular flexibility index (Phi) is 4.63. The van der Waals surface area contributed by atoms with Gasteiger partial charge in [0.05, 0.1) is 0 Å². The van der Waals surface area contributed by atoms with Crippen LogP contribution in [-0.4, -0.2) is 0 Å². The van der Waals surface area contributed by atoms with Gasteiger partial charge in [-0.3, -0.25) is 0 Å². The van der Waals surface area contributed by atoms with Crippen LogP contribution in [-0.2, 0) is 0 Å². The zero-order valence-corrected chi connectivity index (χ0v) is 11.0. The average Bonchev–Trinajstić information content (AvgIpc) is 2.91. The SMILES string of the molecule is CCC=CC=C(C(C)C)C1CC1C(C)C. The molecule has 0 nitrogen and oxygen atoms in total. The summed E-state index contributed by atoms with van der Waals surface area (Å²) in [6.07, 6.45) is 9.41. The molecule has 0 amide bonds. The van der Waals surface area contributed by atoms with Gasteiger partial charge in [0.1, 0.15) is 0 Å². The number of hydrogen-bond donors (Lipinski definition) is 0. The molecular weight excluding hydrogens is 180 g/mol. The summed E-state index contributed by atoms with van der Waals surface area (Å²) in [5.41, 5.74) is 1.67. The zero-order chi connectivity index (χ0) is 11.4. The largest absolute Gasteiger partial charge is 0.0848 e. The fourth-order valence-corrected chi connectivity index (χ4v) is 2.39. The molecule has 0 N–H and O–H groups in total. The van der Waals surface area contributed by atoms with E-state index in [2.05, 4.69) is 52.8 Å². The number of hydrogen-bond acceptors (Lipinski definition) is 0. The second kappa shape index (κ2) is 5.53. The standard InChI is InChI=1S/C15H26/c1-6-7-8-9-13(11(2)3)15-10-14(15)12(4)5/h7-9,11-12,14-15H,6,10H2,1-5H3. The lowest BCUT2D eigenvalue weighted by molar-refractivity contribution is 0.522. The molecule has 86 valence electrons. The maximum atomic E-state index is 2.36. The van der Waals surface area contributed by atoms with Crippen LogP contribution in [0.3, 0.4) is 0 Å². The normalized spacial score (nSPS) is 27.0. The van der Waals surface area contributed by atoms with Crippen molar-refractivity contribution in [1.82, 2.24) is 0 Å². The predicted molar refractivity (Wildman–Crippen MR) is 68.8 cm³/mol. The molecule has 0 radical (unpaired) electrons. The molecule has 0 aromatic rings. The van der Waals surface area contributed by atoms with Crippen molar-refractivity contribution in [2.75, 3.05) is 0 Å². The van der Waals surface area contributed by atoms with Crippen molar-refractivity contribution in [3.63, 3.8) is 0 Å². The molecule has 1 aliphatic carbocycles. The van der Waals surface area contributed by atoms with Crippen LogP contribution >= 0.6 is 0 Å². The summed E-state index contributed by atoms with van der Waals surface area (Å²) >= 11 is 0. The van der Waals surface area contributed by atoms with Crippen LogP contribution in [0.2, 0.25) is 0 Å². The first-order valence-electron chi connectivity index (χ1n) is 6.44. The van der Waals surface area contributed by atoms with Crippen molar-refractivity contribution < 1.29 is 0 Å².